The molecule has 5 N–H and O–H groups in total. The summed E-state index contributed by atoms with van der Waals surface area (Å²) in [5, 5.41) is 18.7. The number of rotatable bonds is 12. The molecular weight excluding hydrogens is 600 g/mol. The minimum atomic E-state index is -0.958. The number of pyridine rings is 2. The van der Waals surface area contributed by atoms with Gasteiger partial charge in [0.05, 0.1) is 24.1 Å². The number of aliphatic hydroxyl groups excluding tert-OH is 1. The van der Waals surface area contributed by atoms with Crippen LogP contribution in [0.25, 0.3) is 0 Å². The molecule has 0 spiro atoms. The van der Waals surface area contributed by atoms with Crippen LogP contribution in [0.5, 0.6) is 0 Å². The van der Waals surface area contributed by atoms with Gasteiger partial charge < -0.3 is 26.4 Å². The molecule has 9 nitrogen and oxygen atoms in total. The summed E-state index contributed by atoms with van der Waals surface area (Å²) in [7, 11) is 0. The molecule has 0 aliphatic carbocycles. The molecule has 0 saturated carbocycles. The Kier molecular flexibility index (Phi) is 10.5. The van der Waals surface area contributed by atoms with Crippen molar-refractivity contribution in [2.24, 2.45) is 5.73 Å². The molecule has 1 fully saturated rings. The fraction of sp³-hybridized carbons (Fsp3) is 0.231. The number of carbonyl (C=O) groups is 2. The Balaban J connectivity index is 1.32. The number of hydrogen-bond donors (Lipinski definition) is 4. The maximum atomic E-state index is 14.0. The van der Waals surface area contributed by atoms with E-state index in [-0.39, 0.29) is 11.8 Å². The Bertz CT molecular complexity index is 1780. The zero-order valence-electron chi connectivity index (χ0n) is 26.6. The van der Waals surface area contributed by atoms with Crippen LogP contribution in [-0.2, 0) is 16.0 Å². The fourth-order valence-electron chi connectivity index (χ4n) is 6.48. The van der Waals surface area contributed by atoms with E-state index in [0.29, 0.717) is 43.0 Å². The lowest BCUT2D eigenvalue weighted by Gasteiger charge is -2.34. The fourth-order valence-corrected chi connectivity index (χ4v) is 6.48. The van der Waals surface area contributed by atoms with Crippen molar-refractivity contribution >= 4 is 23.3 Å². The molecule has 6 rings (SSSR count). The highest BCUT2D eigenvalue weighted by Crippen LogP contribution is 2.44. The first-order valence-corrected chi connectivity index (χ1v) is 16.3. The average Bonchev–Trinajstić information content (AvgIpc) is 3.63. The van der Waals surface area contributed by atoms with Gasteiger partial charge in [0.1, 0.15) is 11.9 Å². The molecule has 48 heavy (non-hydrogen) atoms. The number of likely N-dealkylation sites (tertiary alicyclic amines) is 1. The first kappa shape index (κ1) is 32.6. The monoisotopic (exact) mass is 640 g/mol. The second-order valence-corrected chi connectivity index (χ2v) is 12.0. The van der Waals surface area contributed by atoms with Crippen molar-refractivity contribution in [1.82, 2.24) is 14.9 Å². The van der Waals surface area contributed by atoms with Gasteiger partial charge in [0.25, 0.3) is 0 Å². The highest BCUT2D eigenvalue weighted by molar-refractivity contribution is 5.98. The number of hydrogen-bond acceptors (Lipinski definition) is 7. The Labute approximate surface area is 280 Å². The van der Waals surface area contributed by atoms with E-state index >= 15 is 0 Å². The SMILES string of the molecule is N[C@@H](Cc1ccccc1)C(=O)N1CCC[C@H]1C(=O)Nc1ccccc1[C@@H](Nc1ccccn1)[C@H](c1ccccn1)[C@H](O)c1ccccc1. The van der Waals surface area contributed by atoms with Crippen molar-refractivity contribution in [3.05, 3.63) is 156 Å². The Morgan fingerprint density at radius 2 is 1.50 bits per heavy atom. The van der Waals surface area contributed by atoms with Crippen molar-refractivity contribution < 1.29 is 14.7 Å². The van der Waals surface area contributed by atoms with E-state index < -0.39 is 30.1 Å². The summed E-state index contributed by atoms with van der Waals surface area (Å²) in [5.74, 6) is -0.505. The molecule has 0 unspecified atom stereocenters. The van der Waals surface area contributed by atoms with Crippen molar-refractivity contribution in [2.75, 3.05) is 17.2 Å². The van der Waals surface area contributed by atoms with E-state index in [1.54, 1.807) is 17.3 Å². The van der Waals surface area contributed by atoms with Gasteiger partial charge in [-0.3, -0.25) is 14.6 Å². The second kappa shape index (κ2) is 15.5. The lowest BCUT2D eigenvalue weighted by atomic mass is 9.82. The van der Waals surface area contributed by atoms with Crippen molar-refractivity contribution in [2.45, 2.75) is 49.4 Å². The third-order valence-corrected chi connectivity index (χ3v) is 8.85. The van der Waals surface area contributed by atoms with E-state index in [4.69, 9.17) is 5.73 Å². The van der Waals surface area contributed by atoms with Crippen LogP contribution < -0.4 is 16.4 Å². The molecule has 5 atom stereocenters. The molecule has 1 aliphatic rings. The maximum Gasteiger partial charge on any atom is 0.247 e. The molecule has 244 valence electrons. The summed E-state index contributed by atoms with van der Waals surface area (Å²) >= 11 is 0. The van der Waals surface area contributed by atoms with Crippen LogP contribution in [0, 0.1) is 0 Å². The van der Waals surface area contributed by atoms with Gasteiger partial charge in [0.15, 0.2) is 0 Å². The van der Waals surface area contributed by atoms with Crippen LogP contribution in [0.3, 0.4) is 0 Å². The summed E-state index contributed by atoms with van der Waals surface area (Å²) in [4.78, 5) is 38.3. The number of nitrogens with zero attached hydrogens (tertiary/aromatic N) is 3. The van der Waals surface area contributed by atoms with E-state index in [9.17, 15) is 14.7 Å². The van der Waals surface area contributed by atoms with Crippen molar-refractivity contribution in [3.63, 3.8) is 0 Å². The molecule has 1 saturated heterocycles. The minimum Gasteiger partial charge on any atom is -0.388 e. The van der Waals surface area contributed by atoms with E-state index in [2.05, 4.69) is 20.6 Å². The lowest BCUT2D eigenvalue weighted by molar-refractivity contribution is -0.137. The molecule has 5 aromatic rings. The third kappa shape index (κ3) is 7.60. The number of aromatic nitrogens is 2. The van der Waals surface area contributed by atoms with Crippen LogP contribution in [0.4, 0.5) is 11.5 Å². The Morgan fingerprint density at radius 1 is 0.833 bits per heavy atom. The van der Waals surface area contributed by atoms with Gasteiger partial charge in [0.2, 0.25) is 11.8 Å². The van der Waals surface area contributed by atoms with Gasteiger partial charge in [-0.15, -0.1) is 0 Å². The normalized spacial score (nSPS) is 16.8. The Hall–Kier alpha value is -5.38. The summed E-state index contributed by atoms with van der Waals surface area (Å²) in [6.07, 6.45) is 4.09. The topological polar surface area (TPSA) is 133 Å². The van der Waals surface area contributed by atoms with E-state index in [0.717, 1.165) is 16.7 Å². The van der Waals surface area contributed by atoms with Gasteiger partial charge in [-0.05, 0) is 66.3 Å². The summed E-state index contributed by atoms with van der Waals surface area (Å²) < 4.78 is 0. The van der Waals surface area contributed by atoms with Crippen LogP contribution in [0.1, 0.15) is 53.3 Å². The average molecular weight is 641 g/mol. The van der Waals surface area contributed by atoms with Crippen LogP contribution in [0.15, 0.2) is 134 Å². The number of nitrogens with two attached hydrogens (primary N) is 1. The van der Waals surface area contributed by atoms with Gasteiger partial charge >= 0.3 is 0 Å². The molecule has 2 amide bonds. The molecular formula is C39H40N6O3. The largest absolute Gasteiger partial charge is 0.388 e. The maximum absolute atomic E-state index is 14.0. The number of nitrogens with one attached hydrogen (secondary N) is 2. The predicted octanol–water partition coefficient (Wildman–Crippen LogP) is 5.65. The molecule has 2 aromatic heterocycles. The first-order valence-electron chi connectivity index (χ1n) is 16.3. The lowest BCUT2D eigenvalue weighted by Crippen LogP contribution is -2.50. The van der Waals surface area contributed by atoms with E-state index in [1.165, 1.54) is 0 Å². The minimum absolute atomic E-state index is 0.235. The Morgan fingerprint density at radius 3 is 2.21 bits per heavy atom. The van der Waals surface area contributed by atoms with Gasteiger partial charge in [-0.2, -0.15) is 0 Å². The van der Waals surface area contributed by atoms with Crippen molar-refractivity contribution in [1.29, 1.82) is 0 Å². The molecule has 9 heteroatoms. The van der Waals surface area contributed by atoms with Gasteiger partial charge in [-0.1, -0.05) is 91.0 Å². The zero-order valence-corrected chi connectivity index (χ0v) is 26.6. The molecule has 0 radical (unpaired) electrons. The van der Waals surface area contributed by atoms with Gasteiger partial charge in [0, 0.05) is 30.3 Å². The summed E-state index contributed by atoms with van der Waals surface area (Å²) in [6, 6.07) is 35.9. The molecule has 1 aliphatic heterocycles. The molecule has 3 aromatic carbocycles. The third-order valence-electron chi connectivity index (χ3n) is 8.85. The summed E-state index contributed by atoms with van der Waals surface area (Å²) in [6.45, 7) is 0.468. The van der Waals surface area contributed by atoms with Crippen LogP contribution >= 0.6 is 0 Å². The molecule has 0 bridgehead atoms. The van der Waals surface area contributed by atoms with Crippen molar-refractivity contribution in [3.8, 4) is 0 Å². The quantitative estimate of drug-likeness (QED) is 0.139. The van der Waals surface area contributed by atoms with Crippen LogP contribution in [0.2, 0.25) is 0 Å². The predicted molar refractivity (Wildman–Crippen MR) is 187 cm³/mol. The number of benzene rings is 3. The number of carbonyl (C=O) groups excluding carboxylic acids is 2. The molecule has 3 heterocycles. The number of aliphatic hydroxyl groups is 1. The second-order valence-electron chi connectivity index (χ2n) is 12.0. The number of amides is 2. The number of anilines is 2. The first-order chi connectivity index (χ1) is 23.5. The highest BCUT2D eigenvalue weighted by Gasteiger charge is 2.38. The smallest absolute Gasteiger partial charge is 0.247 e. The zero-order chi connectivity index (χ0) is 33.3. The van der Waals surface area contributed by atoms with Gasteiger partial charge in [-0.25, -0.2) is 4.98 Å². The number of para-hydroxylation sites is 1. The standard InChI is InChI=1S/C39H40N6O3/c40-30(26-27-14-3-1-4-15-27)39(48)45-25-13-21-33(45)38(47)43-31-19-8-7-18-29(31)36(44-34-22-10-12-24-42-34)35(32-20-9-11-23-41-32)37(46)28-16-5-2-6-17-28/h1-12,14-20,22-24,30,33,35-37,46H,13,21,25-26,40H2,(H,42,44)(H,43,47)/t30-,33-,35-,36+,37+/m0/s1. The van der Waals surface area contributed by atoms with Crippen LogP contribution in [-0.4, -0.2) is 50.4 Å². The van der Waals surface area contributed by atoms with E-state index in [1.807, 2.05) is 121 Å². The summed E-state index contributed by atoms with van der Waals surface area (Å²) in [5.41, 5.74) is 10.0. The highest BCUT2D eigenvalue weighted by atomic mass is 16.3.